The van der Waals surface area contributed by atoms with Crippen molar-refractivity contribution in [2.24, 2.45) is 0 Å². The average molecular weight is 397 g/mol. The molecule has 2 nitrogen and oxygen atoms in total. The Morgan fingerprint density at radius 1 is 1.41 bits per heavy atom. The maximum Gasteiger partial charge on any atom is 0.149 e. The fraction of sp³-hybridized carbons (Fsp3) is 0.273. The van der Waals surface area contributed by atoms with Crippen molar-refractivity contribution in [1.29, 1.82) is 0 Å². The highest BCUT2D eigenvalue weighted by Gasteiger charge is 2.15. The van der Waals surface area contributed by atoms with E-state index in [-0.39, 0.29) is 4.83 Å². The molecule has 1 aromatic heterocycles. The summed E-state index contributed by atoms with van der Waals surface area (Å²) in [6.07, 6.45) is 0.987. The Balaban J connectivity index is 2.40. The summed E-state index contributed by atoms with van der Waals surface area (Å²) >= 11 is 14.8. The van der Waals surface area contributed by atoms with Crippen molar-refractivity contribution in [3.8, 4) is 10.6 Å². The van der Waals surface area contributed by atoms with Crippen molar-refractivity contribution in [3.63, 3.8) is 0 Å². The second kappa shape index (κ2) is 5.78. The molecule has 0 fully saturated rings. The smallest absolute Gasteiger partial charge is 0.142 e. The lowest BCUT2D eigenvalue weighted by Gasteiger charge is -2.01. The number of nitrogens with zero attached hydrogens (tertiary/aromatic N) is 2. The second-order valence-corrected chi connectivity index (χ2v) is 6.77. The highest BCUT2D eigenvalue weighted by Crippen LogP contribution is 2.37. The van der Waals surface area contributed by atoms with E-state index in [9.17, 15) is 0 Å². The van der Waals surface area contributed by atoms with Gasteiger partial charge in [-0.3, -0.25) is 0 Å². The first-order chi connectivity index (χ1) is 8.13. The number of hydrogen-bond donors (Lipinski definition) is 0. The minimum absolute atomic E-state index is 0.264. The number of halogens is 3. The minimum Gasteiger partial charge on any atom is -0.142 e. The summed E-state index contributed by atoms with van der Waals surface area (Å²) in [7, 11) is 0. The van der Waals surface area contributed by atoms with E-state index in [1.54, 1.807) is 11.3 Å². The van der Waals surface area contributed by atoms with Gasteiger partial charge in [0.2, 0.25) is 0 Å². The van der Waals surface area contributed by atoms with Gasteiger partial charge in [0.1, 0.15) is 10.0 Å². The zero-order chi connectivity index (χ0) is 12.4. The van der Waals surface area contributed by atoms with E-state index in [0.717, 1.165) is 26.5 Å². The third-order valence-electron chi connectivity index (χ3n) is 2.25. The van der Waals surface area contributed by atoms with Gasteiger partial charge in [-0.1, -0.05) is 57.9 Å². The van der Waals surface area contributed by atoms with Crippen LogP contribution in [0.15, 0.2) is 22.7 Å². The molecule has 1 unspecified atom stereocenters. The lowest BCUT2D eigenvalue weighted by Crippen LogP contribution is -1.85. The fourth-order valence-corrected chi connectivity index (χ4v) is 3.26. The summed E-state index contributed by atoms with van der Waals surface area (Å²) < 4.78 is 0.874. The first-order valence-corrected chi connectivity index (χ1v) is 7.95. The zero-order valence-corrected chi connectivity index (χ0v) is 13.7. The van der Waals surface area contributed by atoms with E-state index >= 15 is 0 Å². The predicted molar refractivity (Wildman–Crippen MR) is 80.0 cm³/mol. The monoisotopic (exact) mass is 394 g/mol. The van der Waals surface area contributed by atoms with E-state index in [2.05, 4.69) is 49.0 Å². The Labute approximate surface area is 126 Å². The van der Waals surface area contributed by atoms with Crippen LogP contribution in [0.4, 0.5) is 0 Å². The maximum absolute atomic E-state index is 6.23. The molecular weight excluding hydrogens is 387 g/mol. The van der Waals surface area contributed by atoms with Crippen molar-refractivity contribution in [2.45, 2.75) is 18.2 Å². The fourth-order valence-electron chi connectivity index (χ4n) is 1.31. The summed E-state index contributed by atoms with van der Waals surface area (Å²) in [6.45, 7) is 2.10. The number of hydrogen-bond acceptors (Lipinski definition) is 3. The summed E-state index contributed by atoms with van der Waals surface area (Å²) in [4.78, 5) is 0.264. The Hall–Kier alpha value is 0.0300. The minimum atomic E-state index is 0.264. The highest BCUT2D eigenvalue weighted by atomic mass is 79.9. The molecule has 90 valence electrons. The Kier molecular flexibility index (Phi) is 4.58. The summed E-state index contributed by atoms with van der Waals surface area (Å²) in [5, 5.41) is 10.9. The zero-order valence-electron chi connectivity index (χ0n) is 8.95. The van der Waals surface area contributed by atoms with Crippen LogP contribution < -0.4 is 0 Å². The second-order valence-electron chi connectivity index (χ2n) is 3.42. The van der Waals surface area contributed by atoms with Gasteiger partial charge in [0.15, 0.2) is 0 Å². The summed E-state index contributed by atoms with van der Waals surface area (Å²) in [6, 6.07) is 5.80. The van der Waals surface area contributed by atoms with E-state index in [4.69, 9.17) is 11.6 Å². The molecule has 0 aliphatic heterocycles. The predicted octanol–water partition coefficient (Wildman–Crippen LogP) is 5.47. The van der Waals surface area contributed by atoms with Gasteiger partial charge < -0.3 is 0 Å². The largest absolute Gasteiger partial charge is 0.149 e. The molecule has 0 aliphatic rings. The van der Waals surface area contributed by atoms with Crippen molar-refractivity contribution in [2.75, 3.05) is 0 Å². The quantitative estimate of drug-likeness (QED) is 0.643. The number of aromatic nitrogens is 2. The molecule has 0 bridgehead atoms. The Morgan fingerprint density at radius 3 is 2.88 bits per heavy atom. The highest BCUT2D eigenvalue weighted by molar-refractivity contribution is 9.10. The van der Waals surface area contributed by atoms with Crippen LogP contribution in [0.25, 0.3) is 10.6 Å². The van der Waals surface area contributed by atoms with Crippen molar-refractivity contribution < 1.29 is 0 Å². The van der Waals surface area contributed by atoms with Crippen LogP contribution in [0.2, 0.25) is 5.02 Å². The van der Waals surface area contributed by atoms with E-state index in [1.807, 2.05) is 18.2 Å². The lowest BCUT2D eigenvalue weighted by molar-refractivity contribution is 0.870. The molecule has 17 heavy (non-hydrogen) atoms. The molecule has 1 heterocycles. The van der Waals surface area contributed by atoms with E-state index in [1.165, 1.54) is 0 Å². The molecule has 0 N–H and O–H groups in total. The van der Waals surface area contributed by atoms with Gasteiger partial charge in [-0.15, -0.1) is 10.2 Å². The molecule has 2 aromatic rings. The molecular formula is C11H9Br2ClN2S. The van der Waals surface area contributed by atoms with Crippen LogP contribution in [-0.4, -0.2) is 10.2 Å². The normalized spacial score (nSPS) is 12.7. The lowest BCUT2D eigenvalue weighted by atomic mass is 10.2. The van der Waals surface area contributed by atoms with E-state index in [0.29, 0.717) is 5.02 Å². The average Bonchev–Trinajstić information content (AvgIpc) is 2.81. The first kappa shape index (κ1) is 13.5. The number of rotatable bonds is 3. The van der Waals surface area contributed by atoms with Crippen molar-refractivity contribution >= 4 is 54.8 Å². The van der Waals surface area contributed by atoms with Gasteiger partial charge in [0.05, 0.1) is 9.85 Å². The molecule has 0 spiro atoms. The van der Waals surface area contributed by atoms with Crippen molar-refractivity contribution in [3.05, 3.63) is 32.7 Å². The topological polar surface area (TPSA) is 25.8 Å². The first-order valence-electron chi connectivity index (χ1n) is 5.05. The van der Waals surface area contributed by atoms with Gasteiger partial charge in [-0.05, 0) is 28.4 Å². The molecule has 0 aliphatic carbocycles. The van der Waals surface area contributed by atoms with Gasteiger partial charge in [0.25, 0.3) is 0 Å². The maximum atomic E-state index is 6.23. The molecule has 0 radical (unpaired) electrons. The molecule has 0 saturated heterocycles. The third-order valence-corrected chi connectivity index (χ3v) is 6.00. The van der Waals surface area contributed by atoms with Crippen LogP contribution in [0.3, 0.4) is 0 Å². The van der Waals surface area contributed by atoms with Crippen LogP contribution in [0.1, 0.15) is 23.2 Å². The van der Waals surface area contributed by atoms with Gasteiger partial charge in [-0.2, -0.15) is 0 Å². The van der Waals surface area contributed by atoms with E-state index < -0.39 is 0 Å². The molecule has 6 heteroatoms. The number of benzene rings is 1. The summed E-state index contributed by atoms with van der Waals surface area (Å²) in [5.74, 6) is 0. The molecule has 2 rings (SSSR count). The Bertz CT molecular complexity index is 530. The van der Waals surface area contributed by atoms with Crippen LogP contribution >= 0.6 is 54.8 Å². The van der Waals surface area contributed by atoms with Crippen LogP contribution in [0.5, 0.6) is 0 Å². The van der Waals surface area contributed by atoms with Gasteiger partial charge >= 0.3 is 0 Å². The molecule has 0 amide bonds. The number of alkyl halides is 1. The third kappa shape index (κ3) is 2.89. The summed E-state index contributed by atoms with van der Waals surface area (Å²) in [5.41, 5.74) is 0.917. The van der Waals surface area contributed by atoms with Crippen molar-refractivity contribution in [1.82, 2.24) is 10.2 Å². The van der Waals surface area contributed by atoms with Gasteiger partial charge in [0, 0.05) is 10.0 Å². The Morgan fingerprint density at radius 2 is 2.18 bits per heavy atom. The van der Waals surface area contributed by atoms with Crippen LogP contribution in [-0.2, 0) is 0 Å². The molecule has 1 aromatic carbocycles. The van der Waals surface area contributed by atoms with Crippen LogP contribution in [0, 0.1) is 0 Å². The van der Waals surface area contributed by atoms with Gasteiger partial charge in [-0.25, -0.2) is 0 Å². The molecule has 0 saturated carbocycles. The standard InChI is InChI=1S/C11H9Br2ClN2S/c1-2-7(12)11-16-15-10(17-11)6-4-3-5-8(13)9(6)14/h3-5,7H,2H2,1H3. The molecule has 1 atom stereocenters. The SMILES string of the molecule is CCC(Br)c1nnc(-c2cccc(Br)c2Cl)s1.